The fourth-order valence-electron chi connectivity index (χ4n) is 2.00. The van der Waals surface area contributed by atoms with E-state index >= 15 is 0 Å². The summed E-state index contributed by atoms with van der Waals surface area (Å²) in [6, 6.07) is 7.58. The molecule has 3 nitrogen and oxygen atoms in total. The highest BCUT2D eigenvalue weighted by molar-refractivity contribution is 7.99. The molecule has 1 rings (SSSR count). The SMILES string of the molecule is CC(C)CC(CO)NC(=O)CCCSc1ccc(Cl)cc1. The summed E-state index contributed by atoms with van der Waals surface area (Å²) in [6.07, 6.45) is 2.12. The lowest BCUT2D eigenvalue weighted by Gasteiger charge is -2.18. The molecule has 0 fully saturated rings. The molecule has 0 aliphatic heterocycles. The van der Waals surface area contributed by atoms with E-state index in [-0.39, 0.29) is 18.6 Å². The van der Waals surface area contributed by atoms with Gasteiger partial charge in [0, 0.05) is 16.3 Å². The Morgan fingerprint density at radius 1 is 1.33 bits per heavy atom. The van der Waals surface area contributed by atoms with E-state index in [1.54, 1.807) is 11.8 Å². The summed E-state index contributed by atoms with van der Waals surface area (Å²) in [7, 11) is 0. The normalized spacial score (nSPS) is 12.4. The summed E-state index contributed by atoms with van der Waals surface area (Å²) in [4.78, 5) is 13.0. The standard InChI is InChI=1S/C16H24ClNO2S/c1-12(2)10-14(11-19)18-16(20)4-3-9-21-15-7-5-13(17)6-8-15/h5-8,12,14,19H,3-4,9-11H2,1-2H3,(H,18,20). The van der Waals surface area contributed by atoms with E-state index in [2.05, 4.69) is 19.2 Å². The number of aliphatic hydroxyl groups is 1. The summed E-state index contributed by atoms with van der Waals surface area (Å²) in [5.74, 6) is 1.37. The monoisotopic (exact) mass is 329 g/mol. The second kappa shape index (κ2) is 10.1. The number of rotatable bonds is 9. The zero-order valence-electron chi connectivity index (χ0n) is 12.6. The Labute approximate surface area is 136 Å². The average molecular weight is 330 g/mol. The van der Waals surface area contributed by atoms with Gasteiger partial charge in [-0.3, -0.25) is 4.79 Å². The van der Waals surface area contributed by atoms with Crippen molar-refractivity contribution < 1.29 is 9.90 Å². The second-order valence-electron chi connectivity index (χ2n) is 5.48. The van der Waals surface area contributed by atoms with Crippen molar-refractivity contribution in [3.05, 3.63) is 29.3 Å². The molecule has 5 heteroatoms. The van der Waals surface area contributed by atoms with Crippen molar-refractivity contribution in [2.45, 2.75) is 44.0 Å². The predicted octanol–water partition coefficient (Wildman–Crippen LogP) is 3.74. The molecule has 0 saturated carbocycles. The molecule has 1 unspecified atom stereocenters. The molecule has 0 aliphatic carbocycles. The van der Waals surface area contributed by atoms with E-state index in [0.29, 0.717) is 12.3 Å². The van der Waals surface area contributed by atoms with Gasteiger partial charge in [-0.25, -0.2) is 0 Å². The van der Waals surface area contributed by atoms with Gasteiger partial charge < -0.3 is 10.4 Å². The number of aliphatic hydroxyl groups excluding tert-OH is 1. The Morgan fingerprint density at radius 2 is 2.00 bits per heavy atom. The first-order valence-electron chi connectivity index (χ1n) is 7.30. The molecule has 1 aromatic rings. The highest BCUT2D eigenvalue weighted by Gasteiger charge is 2.12. The highest BCUT2D eigenvalue weighted by Crippen LogP contribution is 2.21. The number of carbonyl (C=O) groups is 1. The summed E-state index contributed by atoms with van der Waals surface area (Å²) >= 11 is 7.55. The lowest BCUT2D eigenvalue weighted by Crippen LogP contribution is -2.38. The number of hydrogen-bond donors (Lipinski definition) is 2. The van der Waals surface area contributed by atoms with Crippen LogP contribution in [0.5, 0.6) is 0 Å². The molecule has 2 N–H and O–H groups in total. The molecule has 0 saturated heterocycles. The van der Waals surface area contributed by atoms with Crippen LogP contribution < -0.4 is 5.32 Å². The number of benzene rings is 1. The summed E-state index contributed by atoms with van der Waals surface area (Å²) < 4.78 is 0. The molecule has 0 heterocycles. The summed E-state index contributed by atoms with van der Waals surface area (Å²) in [5.41, 5.74) is 0. The van der Waals surface area contributed by atoms with Gasteiger partial charge in [0.15, 0.2) is 0 Å². The number of thioether (sulfide) groups is 1. The van der Waals surface area contributed by atoms with Gasteiger partial charge in [0.2, 0.25) is 5.91 Å². The largest absolute Gasteiger partial charge is 0.394 e. The van der Waals surface area contributed by atoms with Crippen LogP contribution in [0.2, 0.25) is 5.02 Å². The molecule has 21 heavy (non-hydrogen) atoms. The molecule has 1 atom stereocenters. The minimum Gasteiger partial charge on any atom is -0.394 e. The molecule has 0 spiro atoms. The van der Waals surface area contributed by atoms with Gasteiger partial charge in [-0.2, -0.15) is 0 Å². The molecular formula is C16H24ClNO2S. The van der Waals surface area contributed by atoms with Crippen LogP contribution >= 0.6 is 23.4 Å². The molecule has 1 aromatic carbocycles. The maximum absolute atomic E-state index is 11.8. The molecule has 0 aromatic heterocycles. The van der Waals surface area contributed by atoms with Crippen LogP contribution in [-0.4, -0.2) is 29.4 Å². The minimum absolute atomic E-state index is 0.00342. The summed E-state index contributed by atoms with van der Waals surface area (Å²) in [6.45, 7) is 4.17. The number of halogens is 1. The van der Waals surface area contributed by atoms with Gasteiger partial charge in [0.25, 0.3) is 0 Å². The van der Waals surface area contributed by atoms with Gasteiger partial charge in [-0.15, -0.1) is 11.8 Å². The average Bonchev–Trinajstić information content (AvgIpc) is 2.44. The van der Waals surface area contributed by atoms with Crippen molar-refractivity contribution in [2.75, 3.05) is 12.4 Å². The first-order chi connectivity index (χ1) is 10.0. The lowest BCUT2D eigenvalue weighted by molar-refractivity contribution is -0.122. The number of amides is 1. The first-order valence-corrected chi connectivity index (χ1v) is 8.66. The molecule has 0 bridgehead atoms. The van der Waals surface area contributed by atoms with E-state index in [9.17, 15) is 9.90 Å². The van der Waals surface area contributed by atoms with Crippen LogP contribution in [0.1, 0.15) is 33.1 Å². The fourth-order valence-corrected chi connectivity index (χ4v) is 2.98. The zero-order valence-corrected chi connectivity index (χ0v) is 14.2. The Balaban J connectivity index is 2.19. The molecular weight excluding hydrogens is 306 g/mol. The van der Waals surface area contributed by atoms with E-state index in [1.807, 2.05) is 24.3 Å². The smallest absolute Gasteiger partial charge is 0.220 e. The first kappa shape index (κ1) is 18.3. The lowest BCUT2D eigenvalue weighted by atomic mass is 10.0. The van der Waals surface area contributed by atoms with Crippen molar-refractivity contribution in [3.63, 3.8) is 0 Å². The third-order valence-electron chi connectivity index (χ3n) is 2.97. The van der Waals surface area contributed by atoms with E-state index in [4.69, 9.17) is 11.6 Å². The van der Waals surface area contributed by atoms with Crippen molar-refractivity contribution >= 4 is 29.3 Å². The van der Waals surface area contributed by atoms with Crippen molar-refractivity contribution in [1.82, 2.24) is 5.32 Å². The molecule has 0 aliphatic rings. The van der Waals surface area contributed by atoms with Gasteiger partial charge in [-0.1, -0.05) is 25.4 Å². The van der Waals surface area contributed by atoms with Gasteiger partial charge in [0.05, 0.1) is 12.6 Å². The molecule has 0 radical (unpaired) electrons. The zero-order chi connectivity index (χ0) is 15.7. The van der Waals surface area contributed by atoms with Gasteiger partial charge in [-0.05, 0) is 48.8 Å². The topological polar surface area (TPSA) is 49.3 Å². The Bertz CT molecular complexity index is 423. The van der Waals surface area contributed by atoms with E-state index in [0.717, 1.165) is 28.5 Å². The van der Waals surface area contributed by atoms with Crippen LogP contribution in [0.15, 0.2) is 29.2 Å². The summed E-state index contributed by atoms with van der Waals surface area (Å²) in [5, 5.41) is 12.9. The van der Waals surface area contributed by atoms with Crippen LogP contribution in [0.3, 0.4) is 0 Å². The maximum atomic E-state index is 11.8. The third kappa shape index (κ3) is 8.34. The van der Waals surface area contributed by atoms with Crippen molar-refractivity contribution in [3.8, 4) is 0 Å². The highest BCUT2D eigenvalue weighted by atomic mass is 35.5. The fraction of sp³-hybridized carbons (Fsp3) is 0.562. The third-order valence-corrected chi connectivity index (χ3v) is 4.32. The van der Waals surface area contributed by atoms with Crippen LogP contribution in [0, 0.1) is 5.92 Å². The maximum Gasteiger partial charge on any atom is 0.220 e. The van der Waals surface area contributed by atoms with Crippen molar-refractivity contribution in [2.24, 2.45) is 5.92 Å². The Kier molecular flexibility index (Phi) is 8.81. The predicted molar refractivity (Wildman–Crippen MR) is 89.9 cm³/mol. The number of nitrogens with one attached hydrogen (secondary N) is 1. The molecule has 118 valence electrons. The Hall–Kier alpha value is -0.710. The van der Waals surface area contributed by atoms with Crippen LogP contribution in [0.4, 0.5) is 0 Å². The quantitative estimate of drug-likeness (QED) is 0.536. The van der Waals surface area contributed by atoms with E-state index < -0.39 is 0 Å². The van der Waals surface area contributed by atoms with Crippen LogP contribution in [-0.2, 0) is 4.79 Å². The number of carbonyl (C=O) groups excluding carboxylic acids is 1. The number of hydrogen-bond acceptors (Lipinski definition) is 3. The van der Waals surface area contributed by atoms with Gasteiger partial charge >= 0.3 is 0 Å². The van der Waals surface area contributed by atoms with Gasteiger partial charge in [0.1, 0.15) is 0 Å². The second-order valence-corrected chi connectivity index (χ2v) is 7.09. The van der Waals surface area contributed by atoms with Crippen LogP contribution in [0.25, 0.3) is 0 Å². The Morgan fingerprint density at radius 3 is 2.57 bits per heavy atom. The van der Waals surface area contributed by atoms with Crippen molar-refractivity contribution in [1.29, 1.82) is 0 Å². The minimum atomic E-state index is -0.124. The van der Waals surface area contributed by atoms with E-state index in [1.165, 1.54) is 0 Å². The molecule has 1 amide bonds.